The second kappa shape index (κ2) is 5.12. The minimum atomic E-state index is -0.215. The summed E-state index contributed by atoms with van der Waals surface area (Å²) in [5.41, 5.74) is 6.34. The molecule has 1 aliphatic rings. The highest BCUT2D eigenvalue weighted by molar-refractivity contribution is 5.78. The second-order valence-corrected chi connectivity index (χ2v) is 4.59. The first-order valence-electron chi connectivity index (χ1n) is 6.01. The van der Waals surface area contributed by atoms with Gasteiger partial charge in [0.05, 0.1) is 5.92 Å². The number of amides is 1. The summed E-state index contributed by atoms with van der Waals surface area (Å²) in [6.45, 7) is 1.92. The van der Waals surface area contributed by atoms with Crippen LogP contribution in [-0.4, -0.2) is 21.9 Å². The molecule has 2 unspecified atom stereocenters. The Hall–Kier alpha value is -1.65. The summed E-state index contributed by atoms with van der Waals surface area (Å²) in [4.78, 5) is 19.6. The average Bonchev–Trinajstić information content (AvgIpc) is 2.29. The summed E-state index contributed by atoms with van der Waals surface area (Å²) in [6, 6.07) is 1.99. The lowest BCUT2D eigenvalue weighted by atomic mass is 9.84. The number of nitrogens with two attached hydrogens (primary N) is 1. The number of primary amides is 1. The van der Waals surface area contributed by atoms with E-state index in [1.165, 1.54) is 6.33 Å². The van der Waals surface area contributed by atoms with Crippen LogP contribution in [0.15, 0.2) is 12.4 Å². The van der Waals surface area contributed by atoms with E-state index < -0.39 is 0 Å². The molecule has 0 bridgehead atoms. The predicted molar refractivity (Wildman–Crippen MR) is 65.3 cm³/mol. The van der Waals surface area contributed by atoms with Gasteiger partial charge < -0.3 is 11.1 Å². The largest absolute Gasteiger partial charge is 0.369 e. The Labute approximate surface area is 101 Å². The number of aryl methyl sites for hydroxylation is 1. The number of nitrogens with zero attached hydrogens (tertiary/aromatic N) is 2. The normalized spacial score (nSPS) is 24.3. The summed E-state index contributed by atoms with van der Waals surface area (Å²) >= 11 is 0. The van der Waals surface area contributed by atoms with E-state index in [2.05, 4.69) is 15.3 Å². The highest BCUT2D eigenvalue weighted by Crippen LogP contribution is 2.26. The van der Waals surface area contributed by atoms with Crippen LogP contribution in [0, 0.1) is 12.8 Å². The molecule has 0 saturated heterocycles. The fourth-order valence-corrected chi connectivity index (χ4v) is 2.37. The summed E-state index contributed by atoms with van der Waals surface area (Å²) in [5, 5.41) is 3.30. The van der Waals surface area contributed by atoms with Crippen molar-refractivity contribution in [1.29, 1.82) is 0 Å². The van der Waals surface area contributed by atoms with Gasteiger partial charge in [-0.1, -0.05) is 12.8 Å². The van der Waals surface area contributed by atoms with Crippen molar-refractivity contribution in [2.75, 3.05) is 5.32 Å². The van der Waals surface area contributed by atoms with E-state index in [0.29, 0.717) is 0 Å². The van der Waals surface area contributed by atoms with Gasteiger partial charge in [0, 0.05) is 17.8 Å². The summed E-state index contributed by atoms with van der Waals surface area (Å²) in [7, 11) is 0. The highest BCUT2D eigenvalue weighted by Gasteiger charge is 2.29. The molecule has 0 radical (unpaired) electrons. The quantitative estimate of drug-likeness (QED) is 0.824. The number of hydrogen-bond acceptors (Lipinski definition) is 4. The van der Waals surface area contributed by atoms with Gasteiger partial charge in [-0.05, 0) is 19.8 Å². The number of carbonyl (C=O) groups is 1. The molecule has 5 nitrogen and oxygen atoms in total. The van der Waals surface area contributed by atoms with Crippen LogP contribution in [0.2, 0.25) is 0 Å². The first-order valence-corrected chi connectivity index (χ1v) is 6.01. The van der Waals surface area contributed by atoms with E-state index in [0.717, 1.165) is 37.2 Å². The molecule has 17 heavy (non-hydrogen) atoms. The Morgan fingerprint density at radius 3 is 2.88 bits per heavy atom. The van der Waals surface area contributed by atoms with Gasteiger partial charge in [-0.15, -0.1) is 0 Å². The number of aromatic nitrogens is 2. The standard InChI is InChI=1S/C12H18N4O/c1-8-6-11(15-7-14-8)16-10-5-3-2-4-9(10)12(13)17/h6-7,9-10H,2-5H2,1H3,(H2,13,17)(H,14,15,16). The number of nitrogens with one attached hydrogen (secondary N) is 1. The van der Waals surface area contributed by atoms with Gasteiger partial charge in [0.25, 0.3) is 0 Å². The van der Waals surface area contributed by atoms with Crippen molar-refractivity contribution < 1.29 is 4.79 Å². The molecular formula is C12H18N4O. The van der Waals surface area contributed by atoms with Crippen molar-refractivity contribution in [3.05, 3.63) is 18.1 Å². The number of hydrogen-bond donors (Lipinski definition) is 2. The van der Waals surface area contributed by atoms with Crippen LogP contribution < -0.4 is 11.1 Å². The van der Waals surface area contributed by atoms with Crippen LogP contribution in [-0.2, 0) is 4.79 Å². The zero-order valence-corrected chi connectivity index (χ0v) is 10.0. The molecule has 1 heterocycles. The van der Waals surface area contributed by atoms with Crippen LogP contribution in [0.4, 0.5) is 5.82 Å². The smallest absolute Gasteiger partial charge is 0.222 e. The van der Waals surface area contributed by atoms with Gasteiger partial charge >= 0.3 is 0 Å². The molecule has 1 amide bonds. The molecule has 5 heteroatoms. The molecule has 2 atom stereocenters. The monoisotopic (exact) mass is 234 g/mol. The molecule has 0 spiro atoms. The van der Waals surface area contributed by atoms with Crippen molar-refractivity contribution in [1.82, 2.24) is 9.97 Å². The molecule has 1 aromatic heterocycles. The van der Waals surface area contributed by atoms with E-state index in [1.807, 2.05) is 13.0 Å². The molecule has 0 aliphatic heterocycles. The Balaban J connectivity index is 2.08. The van der Waals surface area contributed by atoms with Crippen LogP contribution >= 0.6 is 0 Å². The third-order valence-corrected chi connectivity index (χ3v) is 3.27. The maximum absolute atomic E-state index is 11.4. The lowest BCUT2D eigenvalue weighted by Gasteiger charge is -2.30. The van der Waals surface area contributed by atoms with Crippen molar-refractivity contribution in [2.45, 2.75) is 38.6 Å². The van der Waals surface area contributed by atoms with Gasteiger partial charge in [0.1, 0.15) is 12.1 Å². The van der Waals surface area contributed by atoms with Gasteiger partial charge in [0.15, 0.2) is 0 Å². The van der Waals surface area contributed by atoms with Crippen LogP contribution in [0.25, 0.3) is 0 Å². The van der Waals surface area contributed by atoms with Gasteiger partial charge in [-0.3, -0.25) is 4.79 Å². The number of rotatable bonds is 3. The summed E-state index contributed by atoms with van der Waals surface area (Å²) in [5.74, 6) is 0.475. The molecule has 1 saturated carbocycles. The number of carbonyl (C=O) groups excluding carboxylic acids is 1. The van der Waals surface area contributed by atoms with E-state index >= 15 is 0 Å². The third-order valence-electron chi connectivity index (χ3n) is 3.27. The lowest BCUT2D eigenvalue weighted by Crippen LogP contribution is -2.40. The fourth-order valence-electron chi connectivity index (χ4n) is 2.37. The SMILES string of the molecule is Cc1cc(NC2CCCCC2C(N)=O)ncn1. The maximum Gasteiger partial charge on any atom is 0.222 e. The summed E-state index contributed by atoms with van der Waals surface area (Å²) in [6.07, 6.45) is 5.58. The van der Waals surface area contributed by atoms with Crippen molar-refractivity contribution in [3.63, 3.8) is 0 Å². The Kier molecular flexibility index (Phi) is 3.56. The topological polar surface area (TPSA) is 80.9 Å². The molecule has 3 N–H and O–H groups in total. The van der Waals surface area contributed by atoms with Gasteiger partial charge in [-0.2, -0.15) is 0 Å². The maximum atomic E-state index is 11.4. The van der Waals surface area contributed by atoms with Gasteiger partial charge in [-0.25, -0.2) is 9.97 Å². The zero-order chi connectivity index (χ0) is 12.3. The Bertz CT molecular complexity index is 407. The first kappa shape index (κ1) is 11.8. The number of anilines is 1. The zero-order valence-electron chi connectivity index (χ0n) is 10.0. The van der Waals surface area contributed by atoms with E-state index in [4.69, 9.17) is 5.73 Å². The Morgan fingerprint density at radius 1 is 1.41 bits per heavy atom. The van der Waals surface area contributed by atoms with E-state index in [9.17, 15) is 4.79 Å². The first-order chi connectivity index (χ1) is 8.16. The van der Waals surface area contributed by atoms with Crippen LogP contribution in [0.5, 0.6) is 0 Å². The van der Waals surface area contributed by atoms with Gasteiger partial charge in [0.2, 0.25) is 5.91 Å². The van der Waals surface area contributed by atoms with Crippen molar-refractivity contribution >= 4 is 11.7 Å². The molecule has 0 aromatic carbocycles. The van der Waals surface area contributed by atoms with Crippen LogP contribution in [0.3, 0.4) is 0 Å². The molecule has 2 rings (SSSR count). The van der Waals surface area contributed by atoms with Crippen molar-refractivity contribution in [3.8, 4) is 0 Å². The predicted octanol–water partition coefficient (Wildman–Crippen LogP) is 1.24. The fraction of sp³-hybridized carbons (Fsp3) is 0.583. The summed E-state index contributed by atoms with van der Waals surface area (Å²) < 4.78 is 0. The molecule has 92 valence electrons. The van der Waals surface area contributed by atoms with E-state index in [1.54, 1.807) is 0 Å². The van der Waals surface area contributed by atoms with E-state index in [-0.39, 0.29) is 17.9 Å². The third kappa shape index (κ3) is 2.93. The second-order valence-electron chi connectivity index (χ2n) is 4.59. The highest BCUT2D eigenvalue weighted by atomic mass is 16.1. The molecular weight excluding hydrogens is 216 g/mol. The lowest BCUT2D eigenvalue weighted by molar-refractivity contribution is -0.122. The average molecular weight is 234 g/mol. The molecule has 1 aliphatic carbocycles. The van der Waals surface area contributed by atoms with Crippen LogP contribution in [0.1, 0.15) is 31.4 Å². The molecule has 1 fully saturated rings. The molecule has 1 aromatic rings. The Morgan fingerprint density at radius 2 is 2.18 bits per heavy atom. The van der Waals surface area contributed by atoms with Crippen molar-refractivity contribution in [2.24, 2.45) is 11.7 Å². The minimum absolute atomic E-state index is 0.0842. The minimum Gasteiger partial charge on any atom is -0.369 e.